The average Bonchev–Trinajstić information content (AvgIpc) is 3.04. The van der Waals surface area contributed by atoms with E-state index >= 15 is 0 Å². The first-order valence-corrected chi connectivity index (χ1v) is 10.3. The van der Waals surface area contributed by atoms with Gasteiger partial charge >= 0.3 is 0 Å². The molecule has 3 aromatic rings. The van der Waals surface area contributed by atoms with Crippen molar-refractivity contribution in [3.63, 3.8) is 0 Å². The van der Waals surface area contributed by atoms with Gasteiger partial charge < -0.3 is 10.6 Å². The van der Waals surface area contributed by atoms with E-state index in [1.807, 2.05) is 12.1 Å². The van der Waals surface area contributed by atoms with Crippen molar-refractivity contribution in [3.05, 3.63) is 30.9 Å². The van der Waals surface area contributed by atoms with Crippen LogP contribution in [0.5, 0.6) is 0 Å². The van der Waals surface area contributed by atoms with Gasteiger partial charge in [0.25, 0.3) is 0 Å². The Kier molecular flexibility index (Phi) is 6.64. The van der Waals surface area contributed by atoms with Gasteiger partial charge in [-0.2, -0.15) is 0 Å². The zero-order chi connectivity index (χ0) is 21.0. The molecule has 0 aromatic carbocycles. The lowest BCUT2D eigenvalue weighted by Gasteiger charge is -2.30. The molecule has 29 heavy (non-hydrogen) atoms. The van der Waals surface area contributed by atoms with Gasteiger partial charge in [-0.25, -0.2) is 15.0 Å². The molecule has 3 aromatic heterocycles. The Balaban J connectivity index is 1.87. The van der Waals surface area contributed by atoms with Gasteiger partial charge in [0.15, 0.2) is 17.0 Å². The van der Waals surface area contributed by atoms with Gasteiger partial charge in [-0.3, -0.25) is 14.5 Å². The summed E-state index contributed by atoms with van der Waals surface area (Å²) in [7, 11) is 0. The number of imidazole rings is 1. The summed E-state index contributed by atoms with van der Waals surface area (Å²) in [5.41, 5.74) is 2.47. The van der Waals surface area contributed by atoms with E-state index in [1.165, 1.54) is 0 Å². The van der Waals surface area contributed by atoms with E-state index < -0.39 is 0 Å². The second-order valence-electron chi connectivity index (χ2n) is 8.01. The van der Waals surface area contributed by atoms with Crippen LogP contribution in [0.25, 0.3) is 11.2 Å². The molecule has 0 bridgehead atoms. The fourth-order valence-corrected chi connectivity index (χ4v) is 3.60. The van der Waals surface area contributed by atoms with Crippen LogP contribution in [0.1, 0.15) is 47.6 Å². The summed E-state index contributed by atoms with van der Waals surface area (Å²) in [6.45, 7) is 14.9. The fourth-order valence-electron chi connectivity index (χ4n) is 3.60. The van der Waals surface area contributed by atoms with E-state index in [9.17, 15) is 0 Å². The minimum Gasteiger partial charge on any atom is -0.367 e. The van der Waals surface area contributed by atoms with E-state index in [0.717, 1.165) is 41.7 Å². The molecule has 0 saturated carbocycles. The SMILES string of the molecule is CC(C)N(CCNc1ncnc2c1nc(Nc1cccnc1)n2C(C)C)C(C)C. The van der Waals surface area contributed by atoms with E-state index in [1.54, 1.807) is 18.7 Å². The predicted octanol–water partition coefficient (Wildman–Crippen LogP) is 4.08. The molecule has 3 heterocycles. The highest BCUT2D eigenvalue weighted by atomic mass is 15.3. The van der Waals surface area contributed by atoms with Gasteiger partial charge in [-0.1, -0.05) is 0 Å². The van der Waals surface area contributed by atoms with Crippen LogP contribution < -0.4 is 10.6 Å². The summed E-state index contributed by atoms with van der Waals surface area (Å²) >= 11 is 0. The summed E-state index contributed by atoms with van der Waals surface area (Å²) in [5.74, 6) is 1.49. The highest BCUT2D eigenvalue weighted by molar-refractivity contribution is 5.85. The number of nitrogens with zero attached hydrogens (tertiary/aromatic N) is 6. The molecule has 0 spiro atoms. The Bertz CT molecular complexity index is 909. The Labute approximate surface area is 172 Å². The Morgan fingerprint density at radius 3 is 2.45 bits per heavy atom. The number of aromatic nitrogens is 5. The highest BCUT2D eigenvalue weighted by Crippen LogP contribution is 2.28. The lowest BCUT2D eigenvalue weighted by molar-refractivity contribution is 0.182. The molecule has 0 radical (unpaired) electrons. The van der Waals surface area contributed by atoms with Crippen molar-refractivity contribution >= 4 is 28.6 Å². The third-order valence-corrected chi connectivity index (χ3v) is 4.90. The summed E-state index contributed by atoms with van der Waals surface area (Å²) in [6.07, 6.45) is 5.13. The zero-order valence-corrected chi connectivity index (χ0v) is 18.2. The number of pyridine rings is 1. The summed E-state index contributed by atoms with van der Waals surface area (Å²) in [5, 5.41) is 6.82. The number of nitrogens with one attached hydrogen (secondary N) is 2. The van der Waals surface area contributed by atoms with Crippen LogP contribution in [-0.2, 0) is 0 Å². The molecule has 0 fully saturated rings. The van der Waals surface area contributed by atoms with Gasteiger partial charge in [-0.15, -0.1) is 0 Å². The molecular weight excluding hydrogens is 364 g/mol. The molecule has 8 heteroatoms. The zero-order valence-electron chi connectivity index (χ0n) is 18.2. The number of anilines is 3. The van der Waals surface area contributed by atoms with Crippen LogP contribution in [-0.4, -0.2) is 54.6 Å². The molecule has 0 unspecified atom stereocenters. The first-order valence-electron chi connectivity index (χ1n) is 10.3. The van der Waals surface area contributed by atoms with E-state index in [4.69, 9.17) is 4.98 Å². The lowest BCUT2D eigenvalue weighted by atomic mass is 10.2. The smallest absolute Gasteiger partial charge is 0.210 e. The third-order valence-electron chi connectivity index (χ3n) is 4.90. The molecule has 8 nitrogen and oxygen atoms in total. The maximum absolute atomic E-state index is 4.82. The minimum atomic E-state index is 0.194. The van der Waals surface area contributed by atoms with Crippen LogP contribution >= 0.6 is 0 Å². The molecule has 2 N–H and O–H groups in total. The van der Waals surface area contributed by atoms with Crippen LogP contribution in [0.2, 0.25) is 0 Å². The molecule has 156 valence electrons. The summed E-state index contributed by atoms with van der Waals surface area (Å²) < 4.78 is 2.09. The molecule has 0 saturated heterocycles. The molecule has 3 rings (SSSR count). The number of fused-ring (bicyclic) bond motifs is 1. The van der Waals surface area contributed by atoms with E-state index in [2.05, 4.69) is 76.6 Å². The molecule has 0 aliphatic carbocycles. The minimum absolute atomic E-state index is 0.194. The predicted molar refractivity (Wildman–Crippen MR) is 119 cm³/mol. The number of hydrogen-bond acceptors (Lipinski definition) is 7. The van der Waals surface area contributed by atoms with Crippen molar-refractivity contribution in [1.82, 2.24) is 29.4 Å². The normalized spacial score (nSPS) is 11.9. The van der Waals surface area contributed by atoms with Crippen LogP contribution in [0, 0.1) is 0 Å². The van der Waals surface area contributed by atoms with Crippen LogP contribution in [0.15, 0.2) is 30.9 Å². The first kappa shape index (κ1) is 21.0. The van der Waals surface area contributed by atoms with Crippen molar-refractivity contribution in [1.29, 1.82) is 0 Å². The molecule has 0 aliphatic rings. The van der Waals surface area contributed by atoms with Crippen molar-refractivity contribution in [2.75, 3.05) is 23.7 Å². The van der Waals surface area contributed by atoms with E-state index in [0.29, 0.717) is 12.1 Å². The van der Waals surface area contributed by atoms with Gasteiger partial charge in [0.2, 0.25) is 5.95 Å². The molecule has 0 amide bonds. The van der Waals surface area contributed by atoms with Crippen molar-refractivity contribution in [2.45, 2.75) is 59.7 Å². The average molecular weight is 397 g/mol. The maximum atomic E-state index is 4.82. The summed E-state index contributed by atoms with van der Waals surface area (Å²) in [4.78, 5) is 20.4. The van der Waals surface area contributed by atoms with Gasteiger partial charge in [0.1, 0.15) is 6.33 Å². The monoisotopic (exact) mass is 396 g/mol. The topological polar surface area (TPSA) is 83.8 Å². The maximum Gasteiger partial charge on any atom is 0.210 e. The van der Waals surface area contributed by atoms with E-state index in [-0.39, 0.29) is 6.04 Å². The van der Waals surface area contributed by atoms with Gasteiger partial charge in [0.05, 0.1) is 11.9 Å². The lowest BCUT2D eigenvalue weighted by Crippen LogP contribution is -2.40. The largest absolute Gasteiger partial charge is 0.367 e. The Hall–Kier alpha value is -2.74. The highest BCUT2D eigenvalue weighted by Gasteiger charge is 2.19. The Morgan fingerprint density at radius 1 is 1.07 bits per heavy atom. The molecular formula is C21H32N8. The van der Waals surface area contributed by atoms with Crippen LogP contribution in [0.4, 0.5) is 17.5 Å². The van der Waals surface area contributed by atoms with Gasteiger partial charge in [0, 0.05) is 37.4 Å². The second-order valence-corrected chi connectivity index (χ2v) is 8.01. The summed E-state index contributed by atoms with van der Waals surface area (Å²) in [6, 6.07) is 5.05. The van der Waals surface area contributed by atoms with Crippen LogP contribution in [0.3, 0.4) is 0 Å². The molecule has 0 atom stereocenters. The van der Waals surface area contributed by atoms with Crippen molar-refractivity contribution in [3.8, 4) is 0 Å². The molecule has 0 aliphatic heterocycles. The third kappa shape index (κ3) is 4.82. The van der Waals surface area contributed by atoms with Gasteiger partial charge in [-0.05, 0) is 53.7 Å². The fraction of sp³-hybridized carbons (Fsp3) is 0.524. The number of hydrogen-bond donors (Lipinski definition) is 2. The number of rotatable bonds is 9. The standard InChI is InChI=1S/C21H32N8/c1-14(2)28(15(3)4)11-10-23-19-18-20(25-13-24-19)29(16(5)6)21(27-18)26-17-8-7-9-22-12-17/h7-9,12-16H,10-11H2,1-6H3,(H,26,27)(H,23,24,25). The Morgan fingerprint density at radius 2 is 1.83 bits per heavy atom. The quantitative estimate of drug-likeness (QED) is 0.564. The van der Waals surface area contributed by atoms with Crippen molar-refractivity contribution < 1.29 is 0 Å². The first-order chi connectivity index (χ1) is 13.9. The van der Waals surface area contributed by atoms with Crippen molar-refractivity contribution in [2.24, 2.45) is 0 Å². The second kappa shape index (κ2) is 9.17.